The minimum absolute atomic E-state index is 0.0234. The molecule has 0 radical (unpaired) electrons. The van der Waals surface area contributed by atoms with Gasteiger partial charge in [-0.05, 0) is 49.1 Å². The highest BCUT2D eigenvalue weighted by Crippen LogP contribution is 2.36. The Labute approximate surface area is 247 Å². The maximum atomic E-state index is 13.2. The van der Waals surface area contributed by atoms with E-state index in [1.165, 1.54) is 0 Å². The van der Waals surface area contributed by atoms with Gasteiger partial charge in [0.2, 0.25) is 5.91 Å². The van der Waals surface area contributed by atoms with Gasteiger partial charge in [0.05, 0.1) is 11.1 Å². The monoisotopic (exact) mass is 634 g/mol. The molecule has 2 rings (SSSR count). The summed E-state index contributed by atoms with van der Waals surface area (Å²) in [5.41, 5.74) is 12.6. The van der Waals surface area contributed by atoms with Crippen LogP contribution in [0.15, 0.2) is 47.5 Å². The minimum Gasteiger partial charge on any atom is -0.550 e. The van der Waals surface area contributed by atoms with Crippen molar-refractivity contribution in [1.82, 2.24) is 16.0 Å². The summed E-state index contributed by atoms with van der Waals surface area (Å²) in [5.74, 6) is -3.38. The lowest BCUT2D eigenvalue weighted by Crippen LogP contribution is -2.46. The Morgan fingerprint density at radius 1 is 0.841 bits per heavy atom. The van der Waals surface area contributed by atoms with E-state index in [2.05, 4.69) is 20.9 Å². The number of halogens is 6. The van der Waals surface area contributed by atoms with Crippen molar-refractivity contribution >= 4 is 29.8 Å². The molecule has 0 aliphatic rings. The molecule has 0 heterocycles. The number of nitrogens with one attached hydrogen (secondary N) is 3. The molecule has 0 fully saturated rings. The molecule has 9 N–H and O–H groups in total. The van der Waals surface area contributed by atoms with E-state index >= 15 is 0 Å². The van der Waals surface area contributed by atoms with Crippen molar-refractivity contribution in [2.45, 2.75) is 51.2 Å². The number of nitrogens with zero attached hydrogens (tertiary/aromatic N) is 1. The summed E-state index contributed by atoms with van der Waals surface area (Å²) in [7, 11) is 0. The normalized spacial score (nSPS) is 11.7. The average Bonchev–Trinajstić information content (AvgIpc) is 2.91. The van der Waals surface area contributed by atoms with Gasteiger partial charge in [0, 0.05) is 31.2 Å². The van der Waals surface area contributed by atoms with Crippen LogP contribution in [0, 0.1) is 0 Å². The fourth-order valence-corrected chi connectivity index (χ4v) is 3.38. The zero-order chi connectivity index (χ0) is 33.7. The largest absolute Gasteiger partial charge is 0.550 e. The van der Waals surface area contributed by atoms with E-state index in [1.807, 2.05) is 0 Å². The number of alkyl halides is 6. The highest BCUT2D eigenvalue weighted by molar-refractivity contribution is 5.98. The smallest absolute Gasteiger partial charge is 0.416 e. The van der Waals surface area contributed by atoms with Gasteiger partial charge in [-0.15, -0.1) is 0 Å². The van der Waals surface area contributed by atoms with Gasteiger partial charge >= 0.3 is 18.4 Å². The van der Waals surface area contributed by atoms with Gasteiger partial charge in [-0.1, -0.05) is 24.3 Å². The second kappa shape index (κ2) is 16.6. The van der Waals surface area contributed by atoms with Crippen molar-refractivity contribution < 1.29 is 50.6 Å². The number of carbonyl (C=O) groups excluding carboxylic acids is 4. The predicted octanol–water partition coefficient (Wildman–Crippen LogP) is 1.12. The number of benzene rings is 2. The van der Waals surface area contributed by atoms with E-state index in [9.17, 15) is 40.7 Å². The van der Waals surface area contributed by atoms with Crippen molar-refractivity contribution in [3.63, 3.8) is 0 Å². The topological polar surface area (TPSA) is 218 Å². The van der Waals surface area contributed by atoms with Gasteiger partial charge in [-0.25, -0.2) is 4.79 Å². The Morgan fingerprint density at radius 2 is 1.30 bits per heavy atom. The average molecular weight is 635 g/mol. The third-order valence-corrected chi connectivity index (χ3v) is 5.37. The SMILES string of the molecule is CC(=O)[O-].NC(=O)NCc1ccc(CNC(=O)[C@@H](CCCN=C(N)N)NC(=O)c2cc(C(F)(F)F)cc(C(F)(F)F)c2)cc1. The summed E-state index contributed by atoms with van der Waals surface area (Å²) in [4.78, 5) is 49.1. The van der Waals surface area contributed by atoms with E-state index < -0.39 is 58.9 Å². The molecule has 12 nitrogen and oxygen atoms in total. The molecule has 4 amide bonds. The van der Waals surface area contributed by atoms with Crippen LogP contribution in [0.4, 0.5) is 31.1 Å². The summed E-state index contributed by atoms with van der Waals surface area (Å²) < 4.78 is 79.2. The summed E-state index contributed by atoms with van der Waals surface area (Å²) in [6.07, 6.45) is -10.2. The third kappa shape index (κ3) is 14.2. The second-order valence-corrected chi connectivity index (χ2v) is 9.01. The van der Waals surface area contributed by atoms with Gasteiger partial charge < -0.3 is 43.1 Å². The first-order valence-electron chi connectivity index (χ1n) is 12.5. The van der Waals surface area contributed by atoms with E-state index in [-0.39, 0.29) is 56.6 Å². The van der Waals surface area contributed by atoms with Crippen LogP contribution in [0.5, 0.6) is 0 Å². The molecule has 0 aliphatic carbocycles. The number of rotatable bonds is 11. The van der Waals surface area contributed by atoms with Crippen LogP contribution in [0.25, 0.3) is 0 Å². The summed E-state index contributed by atoms with van der Waals surface area (Å²) in [5, 5.41) is 16.1. The highest BCUT2D eigenvalue weighted by Gasteiger charge is 2.37. The van der Waals surface area contributed by atoms with Crippen molar-refractivity contribution in [2.24, 2.45) is 22.2 Å². The molecule has 0 aliphatic heterocycles. The number of carboxylic acid groups (broad SMARTS) is 1. The zero-order valence-corrected chi connectivity index (χ0v) is 23.1. The van der Waals surface area contributed by atoms with Crippen LogP contribution in [0.2, 0.25) is 0 Å². The number of primary amides is 1. The predicted molar refractivity (Wildman–Crippen MR) is 143 cm³/mol. The van der Waals surface area contributed by atoms with Crippen LogP contribution in [0.3, 0.4) is 0 Å². The molecule has 0 spiro atoms. The third-order valence-electron chi connectivity index (χ3n) is 5.37. The van der Waals surface area contributed by atoms with Crippen LogP contribution >= 0.6 is 0 Å². The number of carbonyl (C=O) groups is 4. The van der Waals surface area contributed by atoms with E-state index in [4.69, 9.17) is 27.1 Å². The molecular weight excluding hydrogens is 604 g/mol. The van der Waals surface area contributed by atoms with Crippen molar-refractivity contribution in [3.05, 3.63) is 70.3 Å². The van der Waals surface area contributed by atoms with Crippen LogP contribution < -0.4 is 38.3 Å². The number of carboxylic acids is 1. The first kappa shape index (κ1) is 37.0. The number of hydrogen-bond acceptors (Lipinski definition) is 6. The minimum atomic E-state index is -5.15. The first-order valence-corrected chi connectivity index (χ1v) is 12.5. The molecule has 18 heteroatoms. The Morgan fingerprint density at radius 3 is 1.70 bits per heavy atom. The molecule has 0 saturated heterocycles. The van der Waals surface area contributed by atoms with Crippen molar-refractivity contribution in [3.8, 4) is 0 Å². The standard InChI is InChI=1S/C24H27F6N7O3.C2H4O2/c25-23(26,27)16-8-15(9-17(10-16)24(28,29)30)19(38)37-18(2-1-7-34-21(31)32)20(39)35-11-13-3-5-14(6-4-13)12-36-22(33)40;1-2(3)4/h3-6,8-10,18H,1-2,7,11-12H2,(H,35,39)(H,37,38)(H4,31,32,34)(H3,33,36,40);1H3,(H,3,4)/p-1/t18-;/m1./s1. The number of aliphatic carboxylic acids is 1. The Balaban J connectivity index is 0.00000227. The van der Waals surface area contributed by atoms with Gasteiger partial charge in [0.1, 0.15) is 6.04 Å². The summed E-state index contributed by atoms with van der Waals surface area (Å²) in [6.45, 7) is 1.17. The molecule has 1 atom stereocenters. The first-order chi connectivity index (χ1) is 20.3. The number of aliphatic imine (C=N–C) groups is 1. The lowest BCUT2D eigenvalue weighted by molar-refractivity contribution is -0.302. The second-order valence-electron chi connectivity index (χ2n) is 9.01. The molecule has 242 valence electrons. The summed E-state index contributed by atoms with van der Waals surface area (Å²) in [6, 6.07) is 5.01. The fraction of sp³-hybridized carbons (Fsp3) is 0.346. The fourth-order valence-electron chi connectivity index (χ4n) is 3.38. The van der Waals surface area contributed by atoms with Crippen LogP contribution in [0.1, 0.15) is 52.4 Å². The maximum absolute atomic E-state index is 13.2. The highest BCUT2D eigenvalue weighted by atomic mass is 19.4. The molecule has 0 unspecified atom stereocenters. The van der Waals surface area contributed by atoms with Crippen molar-refractivity contribution in [1.29, 1.82) is 0 Å². The van der Waals surface area contributed by atoms with Crippen molar-refractivity contribution in [2.75, 3.05) is 6.54 Å². The molecule has 0 bridgehead atoms. The van der Waals surface area contributed by atoms with E-state index in [0.717, 1.165) is 12.5 Å². The lowest BCUT2D eigenvalue weighted by Gasteiger charge is -2.20. The molecular formula is C26H30F6N7O5-. The van der Waals surface area contributed by atoms with E-state index in [1.54, 1.807) is 24.3 Å². The zero-order valence-electron chi connectivity index (χ0n) is 23.1. The molecule has 0 saturated carbocycles. The van der Waals surface area contributed by atoms with Gasteiger partial charge in [0.25, 0.3) is 5.91 Å². The lowest BCUT2D eigenvalue weighted by atomic mass is 10.0. The molecule has 0 aromatic heterocycles. The molecule has 2 aromatic rings. The number of hydrogen-bond donors (Lipinski definition) is 6. The molecule has 44 heavy (non-hydrogen) atoms. The van der Waals surface area contributed by atoms with E-state index in [0.29, 0.717) is 5.56 Å². The number of nitrogens with two attached hydrogens (primary N) is 3. The van der Waals surface area contributed by atoms with Crippen LogP contribution in [-0.2, 0) is 35.0 Å². The van der Waals surface area contributed by atoms with Gasteiger partial charge in [-0.2, -0.15) is 26.3 Å². The summed E-state index contributed by atoms with van der Waals surface area (Å²) >= 11 is 0. The Kier molecular flexibility index (Phi) is 13.9. The Hall–Kier alpha value is -5.03. The number of urea groups is 1. The Bertz CT molecular complexity index is 1290. The maximum Gasteiger partial charge on any atom is 0.416 e. The van der Waals surface area contributed by atoms with Crippen LogP contribution in [-0.4, -0.2) is 42.4 Å². The quantitative estimate of drug-likeness (QED) is 0.0915. The number of amides is 4. The molecule has 2 aromatic carbocycles. The van der Waals surface area contributed by atoms with Gasteiger partial charge in [-0.3, -0.25) is 14.6 Å². The number of guanidine groups is 1. The van der Waals surface area contributed by atoms with Gasteiger partial charge in [0.15, 0.2) is 5.96 Å².